The van der Waals surface area contributed by atoms with Gasteiger partial charge in [0.15, 0.2) is 0 Å². The van der Waals surface area contributed by atoms with Crippen molar-refractivity contribution in [3.05, 3.63) is 24.8 Å². The van der Waals surface area contributed by atoms with Crippen LogP contribution in [0.4, 0.5) is 0 Å². The molecule has 0 unspecified atom stereocenters. The van der Waals surface area contributed by atoms with Crippen LogP contribution >= 0.6 is 25.2 Å². The highest BCUT2D eigenvalue weighted by Gasteiger charge is 1.93. The van der Waals surface area contributed by atoms with E-state index in [1.807, 2.05) is 0 Å². The number of aromatic nitrogens is 2. The van der Waals surface area contributed by atoms with Crippen molar-refractivity contribution < 1.29 is 14.4 Å². The van der Waals surface area contributed by atoms with Gasteiger partial charge in [0.2, 0.25) is 0 Å². The normalized spacial score (nSPS) is 6.73. The molecular formula is C4H7BrN2O3P+. The van der Waals surface area contributed by atoms with E-state index in [2.05, 4.69) is 9.97 Å². The largest absolute Gasteiger partial charge is 0.692 e. The molecule has 0 saturated carbocycles. The van der Waals surface area contributed by atoms with Crippen molar-refractivity contribution in [2.75, 3.05) is 0 Å². The Labute approximate surface area is 74.9 Å². The summed E-state index contributed by atoms with van der Waals surface area (Å²) in [6.45, 7) is 0. The van der Waals surface area contributed by atoms with Crippen molar-refractivity contribution in [3.63, 3.8) is 0 Å². The molecule has 7 heteroatoms. The van der Waals surface area contributed by atoms with Gasteiger partial charge in [0.05, 0.1) is 0 Å². The van der Waals surface area contributed by atoms with Gasteiger partial charge in [-0.1, -0.05) is 0 Å². The third-order valence-electron chi connectivity index (χ3n) is 0.478. The molecule has 0 amide bonds. The minimum Gasteiger partial charge on any atom is -0.245 e. The van der Waals surface area contributed by atoms with E-state index in [9.17, 15) is 0 Å². The summed E-state index contributed by atoms with van der Waals surface area (Å²) in [6, 6.07) is 1.78. The van der Waals surface area contributed by atoms with Crippen molar-refractivity contribution in [1.82, 2.24) is 9.97 Å². The molecule has 1 aromatic heterocycles. The second-order valence-corrected chi connectivity index (χ2v) is 1.66. The predicted octanol–water partition coefficient (Wildman–Crippen LogP) is 0.683. The van der Waals surface area contributed by atoms with Gasteiger partial charge in [-0.3, -0.25) is 0 Å². The molecule has 0 aliphatic rings. The van der Waals surface area contributed by atoms with Crippen molar-refractivity contribution in [2.24, 2.45) is 0 Å². The van der Waals surface area contributed by atoms with Crippen LogP contribution in [0.1, 0.15) is 0 Å². The third-order valence-corrected chi connectivity index (χ3v) is 0.478. The average Bonchev–Trinajstić information content (AvgIpc) is 1.90. The molecule has 0 bridgehead atoms. The second-order valence-electron chi connectivity index (χ2n) is 1.16. The summed E-state index contributed by atoms with van der Waals surface area (Å²) in [4.78, 5) is 21.6. The predicted molar refractivity (Wildman–Crippen MR) is 44.4 cm³/mol. The Hall–Kier alpha value is -0.420. The van der Waals surface area contributed by atoms with Crippen molar-refractivity contribution >= 4 is 25.2 Å². The topological polar surface area (TPSA) is 83.3 Å². The molecule has 0 radical (unpaired) electrons. The molecule has 11 heavy (non-hydrogen) atoms. The SMILES string of the molecule is Br.O=[P+](O)O.c1cncnc1. The first-order valence-corrected chi connectivity index (χ1v) is 3.45. The lowest BCUT2D eigenvalue weighted by Crippen LogP contribution is -1.66. The van der Waals surface area contributed by atoms with Gasteiger partial charge in [0.1, 0.15) is 6.33 Å². The van der Waals surface area contributed by atoms with Gasteiger partial charge in [-0.25, -0.2) is 9.97 Å². The number of hydrogen-bond donors (Lipinski definition) is 2. The van der Waals surface area contributed by atoms with Crippen molar-refractivity contribution in [1.29, 1.82) is 0 Å². The van der Waals surface area contributed by atoms with Gasteiger partial charge in [0, 0.05) is 17.0 Å². The molecule has 0 saturated heterocycles. The van der Waals surface area contributed by atoms with E-state index in [1.54, 1.807) is 18.5 Å². The van der Waals surface area contributed by atoms with Crippen LogP contribution in [0.2, 0.25) is 0 Å². The molecule has 0 aliphatic carbocycles. The monoisotopic (exact) mass is 241 g/mol. The van der Waals surface area contributed by atoms with E-state index in [1.165, 1.54) is 6.33 Å². The maximum Gasteiger partial charge on any atom is 0.692 e. The summed E-state index contributed by atoms with van der Waals surface area (Å²) in [5.41, 5.74) is 0. The maximum atomic E-state index is 8.70. The zero-order valence-corrected chi connectivity index (χ0v) is 7.97. The van der Waals surface area contributed by atoms with Crippen LogP contribution in [0.5, 0.6) is 0 Å². The van der Waals surface area contributed by atoms with Crippen molar-refractivity contribution in [2.45, 2.75) is 0 Å². The summed E-state index contributed by atoms with van der Waals surface area (Å²) in [6.07, 6.45) is 4.88. The molecule has 0 aliphatic heterocycles. The van der Waals surface area contributed by atoms with Crippen LogP contribution < -0.4 is 0 Å². The van der Waals surface area contributed by atoms with Crippen LogP contribution in [-0.2, 0) is 4.57 Å². The highest BCUT2D eigenvalue weighted by atomic mass is 79.9. The van der Waals surface area contributed by atoms with Gasteiger partial charge < -0.3 is 0 Å². The highest BCUT2D eigenvalue weighted by molar-refractivity contribution is 8.93. The lowest BCUT2D eigenvalue weighted by atomic mass is 10.7. The summed E-state index contributed by atoms with van der Waals surface area (Å²) >= 11 is 0. The molecule has 1 aromatic rings. The van der Waals surface area contributed by atoms with Gasteiger partial charge in [-0.2, -0.15) is 0 Å². The standard InChI is InChI=1S/C4H4N2.BrH.HO3P/c1-2-5-4-6-3-1;;1-4(2)3/h1-4H;1H;(H-,1,2,3)/p+1. The third kappa shape index (κ3) is 17.7. The van der Waals surface area contributed by atoms with E-state index < -0.39 is 8.25 Å². The van der Waals surface area contributed by atoms with Gasteiger partial charge in [0.25, 0.3) is 0 Å². The molecule has 62 valence electrons. The molecular weight excluding hydrogens is 235 g/mol. The van der Waals surface area contributed by atoms with Crippen molar-refractivity contribution in [3.8, 4) is 0 Å². The lowest BCUT2D eigenvalue weighted by Gasteiger charge is -1.70. The van der Waals surface area contributed by atoms with Crippen LogP contribution in [0.25, 0.3) is 0 Å². The Morgan fingerprint density at radius 3 is 1.64 bits per heavy atom. The Morgan fingerprint density at radius 1 is 1.18 bits per heavy atom. The number of rotatable bonds is 0. The quantitative estimate of drug-likeness (QED) is 0.653. The molecule has 2 N–H and O–H groups in total. The Morgan fingerprint density at radius 2 is 1.55 bits per heavy atom. The summed E-state index contributed by atoms with van der Waals surface area (Å²) in [5.74, 6) is 0. The molecule has 0 fully saturated rings. The Balaban J connectivity index is 0. The van der Waals surface area contributed by atoms with E-state index in [4.69, 9.17) is 14.4 Å². The van der Waals surface area contributed by atoms with Crippen LogP contribution in [0, 0.1) is 0 Å². The minimum absolute atomic E-state index is 0. The summed E-state index contributed by atoms with van der Waals surface area (Å²) < 4.78 is 8.70. The molecule has 0 atom stereocenters. The van der Waals surface area contributed by atoms with E-state index in [0.717, 1.165) is 0 Å². The molecule has 0 aromatic carbocycles. The minimum atomic E-state index is -2.87. The first-order chi connectivity index (χ1) is 4.73. The summed E-state index contributed by atoms with van der Waals surface area (Å²) in [7, 11) is -2.87. The fourth-order valence-corrected chi connectivity index (χ4v) is 0.253. The maximum absolute atomic E-state index is 8.70. The second kappa shape index (κ2) is 9.58. The first kappa shape index (κ1) is 13.2. The van der Waals surface area contributed by atoms with Crippen LogP contribution in [0.3, 0.4) is 0 Å². The van der Waals surface area contributed by atoms with Crippen LogP contribution in [0.15, 0.2) is 24.8 Å². The van der Waals surface area contributed by atoms with Gasteiger partial charge in [-0.15, -0.1) is 26.8 Å². The number of nitrogens with zero attached hydrogens (tertiary/aromatic N) is 2. The molecule has 1 rings (SSSR count). The molecule has 5 nitrogen and oxygen atoms in total. The fourth-order valence-electron chi connectivity index (χ4n) is 0.253. The average molecular weight is 242 g/mol. The zero-order chi connectivity index (χ0) is 7.82. The summed E-state index contributed by atoms with van der Waals surface area (Å²) in [5, 5.41) is 0. The van der Waals surface area contributed by atoms with Crippen LogP contribution in [-0.4, -0.2) is 19.8 Å². The number of halogens is 1. The first-order valence-electron chi connectivity index (χ1n) is 2.28. The van der Waals surface area contributed by atoms with E-state index in [0.29, 0.717) is 0 Å². The molecule has 1 heterocycles. The Kier molecular flexibility index (Phi) is 11.5. The lowest BCUT2D eigenvalue weighted by molar-refractivity contribution is 0.405. The smallest absolute Gasteiger partial charge is 0.245 e. The van der Waals surface area contributed by atoms with Gasteiger partial charge >= 0.3 is 8.25 Å². The van der Waals surface area contributed by atoms with E-state index >= 15 is 0 Å². The molecule has 0 spiro atoms. The van der Waals surface area contributed by atoms with E-state index in [-0.39, 0.29) is 17.0 Å². The Bertz CT molecular complexity index is 155. The zero-order valence-electron chi connectivity index (χ0n) is 5.36. The fraction of sp³-hybridized carbons (Fsp3) is 0. The highest BCUT2D eigenvalue weighted by Crippen LogP contribution is 1.98. The number of hydrogen-bond acceptors (Lipinski definition) is 3. The van der Waals surface area contributed by atoms with Gasteiger partial charge in [-0.05, 0) is 6.07 Å².